The fraction of sp³-hybridized carbons (Fsp3) is 0.333. The zero-order valence-corrected chi connectivity index (χ0v) is 16.8. The highest BCUT2D eigenvalue weighted by atomic mass is 32.2. The van der Waals surface area contributed by atoms with Gasteiger partial charge < -0.3 is 14.8 Å². The molecule has 154 valence electrons. The molecule has 11 heteroatoms. The van der Waals surface area contributed by atoms with Crippen LogP contribution in [0.4, 0.5) is 0 Å². The quantitative estimate of drug-likeness (QED) is 0.488. The Hall–Kier alpha value is -2.02. The number of hydrogen-bond donors (Lipinski definition) is 3. The van der Waals surface area contributed by atoms with Gasteiger partial charge in [-0.1, -0.05) is 30.0 Å². The molecule has 0 saturated heterocycles. The fourth-order valence-corrected chi connectivity index (χ4v) is 4.87. The minimum Gasteiger partial charge on any atom is -0.390 e. The number of nitrogens with zero attached hydrogens (tertiary/aromatic N) is 3. The lowest BCUT2D eigenvalue weighted by atomic mass is 10.1. The largest absolute Gasteiger partial charge is 0.390 e. The highest BCUT2D eigenvalue weighted by molar-refractivity contribution is 7.99. The van der Waals surface area contributed by atoms with E-state index in [0.717, 1.165) is 15.3 Å². The minimum atomic E-state index is -4.12. The Labute approximate surface area is 171 Å². The molecule has 9 nitrogen and oxygen atoms in total. The summed E-state index contributed by atoms with van der Waals surface area (Å²) in [7, 11) is -4.12. The SMILES string of the molecule is NS(=O)(=O)OC[C@H]1C[C@@H](n2ccc3c(Sc4ccccc4)ncnc32)[C@H](O)[C@@H]1O. The standard InChI is InChI=1S/C18H20N4O5S2/c19-29(25,26)27-9-11-8-14(16(24)15(11)23)22-7-6-13-17(22)20-10-21-18(13)28-12-4-2-1-3-5-12/h1-7,10-11,14-16,23-24H,8-9H2,(H2,19,25,26)/t11-,14-,15-,16+/m1/s1. The molecule has 0 bridgehead atoms. The summed E-state index contributed by atoms with van der Waals surface area (Å²) in [6.07, 6.45) is 1.33. The van der Waals surface area contributed by atoms with Crippen LogP contribution in [-0.2, 0) is 14.5 Å². The number of nitrogens with two attached hydrogens (primary N) is 1. The fourth-order valence-electron chi connectivity index (χ4n) is 3.62. The first-order chi connectivity index (χ1) is 13.8. The first-order valence-corrected chi connectivity index (χ1v) is 11.2. The molecule has 1 fully saturated rings. The second-order valence-corrected chi connectivity index (χ2v) is 9.16. The molecule has 1 aliphatic rings. The van der Waals surface area contributed by atoms with E-state index in [-0.39, 0.29) is 6.61 Å². The summed E-state index contributed by atoms with van der Waals surface area (Å²) in [6, 6.07) is 11.2. The van der Waals surface area contributed by atoms with Crippen LogP contribution in [-0.4, -0.2) is 52.0 Å². The van der Waals surface area contributed by atoms with Crippen LogP contribution >= 0.6 is 11.8 Å². The smallest absolute Gasteiger partial charge is 0.333 e. The lowest BCUT2D eigenvalue weighted by molar-refractivity contribution is -0.000934. The van der Waals surface area contributed by atoms with Gasteiger partial charge in [-0.05, 0) is 24.6 Å². The molecule has 3 aromatic rings. The Bertz CT molecular complexity index is 1110. The van der Waals surface area contributed by atoms with E-state index in [1.165, 1.54) is 18.1 Å². The molecule has 4 atom stereocenters. The van der Waals surface area contributed by atoms with Crippen LogP contribution in [0.5, 0.6) is 0 Å². The summed E-state index contributed by atoms with van der Waals surface area (Å²) in [5, 5.41) is 27.3. The van der Waals surface area contributed by atoms with Gasteiger partial charge >= 0.3 is 10.3 Å². The van der Waals surface area contributed by atoms with Crippen molar-refractivity contribution in [3.63, 3.8) is 0 Å². The second-order valence-electron chi connectivity index (χ2n) is 6.88. The van der Waals surface area contributed by atoms with E-state index in [2.05, 4.69) is 14.2 Å². The monoisotopic (exact) mass is 436 g/mol. The Morgan fingerprint density at radius 2 is 1.93 bits per heavy atom. The van der Waals surface area contributed by atoms with E-state index in [1.807, 2.05) is 36.4 Å². The zero-order chi connectivity index (χ0) is 20.6. The van der Waals surface area contributed by atoms with Gasteiger partial charge in [-0.15, -0.1) is 0 Å². The molecule has 1 aromatic carbocycles. The van der Waals surface area contributed by atoms with Gasteiger partial charge in [0, 0.05) is 17.0 Å². The summed E-state index contributed by atoms with van der Waals surface area (Å²) in [5.41, 5.74) is 0.627. The average molecular weight is 437 g/mol. The van der Waals surface area contributed by atoms with Crippen molar-refractivity contribution in [3.05, 3.63) is 48.9 Å². The maximum absolute atomic E-state index is 11.0. The van der Waals surface area contributed by atoms with Crippen molar-refractivity contribution in [3.8, 4) is 0 Å². The number of rotatable bonds is 6. The number of benzene rings is 1. The normalized spacial score (nSPS) is 24.9. The molecule has 0 aliphatic heterocycles. The average Bonchev–Trinajstić information content (AvgIpc) is 3.23. The Balaban J connectivity index is 1.60. The molecule has 0 spiro atoms. The molecule has 2 aromatic heterocycles. The van der Waals surface area contributed by atoms with Crippen molar-refractivity contribution >= 4 is 33.1 Å². The van der Waals surface area contributed by atoms with Crippen LogP contribution in [0.15, 0.2) is 58.8 Å². The maximum atomic E-state index is 11.0. The lowest BCUT2D eigenvalue weighted by Crippen LogP contribution is -2.31. The molecular formula is C18H20N4O5S2. The molecule has 0 amide bonds. The van der Waals surface area contributed by atoms with E-state index >= 15 is 0 Å². The molecule has 0 unspecified atom stereocenters. The highest BCUT2D eigenvalue weighted by Crippen LogP contribution is 2.39. The summed E-state index contributed by atoms with van der Waals surface area (Å²) >= 11 is 1.51. The first-order valence-electron chi connectivity index (χ1n) is 8.91. The third-order valence-electron chi connectivity index (χ3n) is 5.01. The predicted octanol–water partition coefficient (Wildman–Crippen LogP) is 1.09. The summed E-state index contributed by atoms with van der Waals surface area (Å²) in [5.74, 6) is -0.578. The second kappa shape index (κ2) is 8.01. The van der Waals surface area contributed by atoms with Crippen LogP contribution in [0.3, 0.4) is 0 Å². The van der Waals surface area contributed by atoms with Crippen LogP contribution in [0, 0.1) is 5.92 Å². The molecule has 4 N–H and O–H groups in total. The Morgan fingerprint density at radius 3 is 2.66 bits per heavy atom. The van der Waals surface area contributed by atoms with Gasteiger partial charge in [0.15, 0.2) is 0 Å². The van der Waals surface area contributed by atoms with Crippen LogP contribution in [0.1, 0.15) is 12.5 Å². The molecule has 29 heavy (non-hydrogen) atoms. The van der Waals surface area contributed by atoms with Crippen LogP contribution < -0.4 is 5.14 Å². The Kier molecular flexibility index (Phi) is 5.60. The first kappa shape index (κ1) is 20.3. The summed E-state index contributed by atoms with van der Waals surface area (Å²) < 4.78 is 28.5. The van der Waals surface area contributed by atoms with Gasteiger partial charge in [-0.25, -0.2) is 15.1 Å². The van der Waals surface area contributed by atoms with Crippen molar-refractivity contribution in [2.24, 2.45) is 11.1 Å². The number of fused-ring (bicyclic) bond motifs is 1. The predicted molar refractivity (Wildman–Crippen MR) is 106 cm³/mol. The van der Waals surface area contributed by atoms with Gasteiger partial charge in [-0.3, -0.25) is 4.18 Å². The number of aromatic nitrogens is 3. The summed E-state index contributed by atoms with van der Waals surface area (Å²) in [6.45, 7) is -0.295. The van der Waals surface area contributed by atoms with Crippen molar-refractivity contribution in [2.75, 3.05) is 6.61 Å². The van der Waals surface area contributed by atoms with Gasteiger partial charge in [0.2, 0.25) is 0 Å². The van der Waals surface area contributed by atoms with Gasteiger partial charge in [0.05, 0.1) is 24.1 Å². The van der Waals surface area contributed by atoms with Crippen molar-refractivity contribution in [2.45, 2.75) is 34.6 Å². The van der Waals surface area contributed by atoms with E-state index in [0.29, 0.717) is 12.1 Å². The highest BCUT2D eigenvalue weighted by Gasteiger charge is 2.43. The molecular weight excluding hydrogens is 416 g/mol. The van der Waals surface area contributed by atoms with E-state index in [4.69, 9.17) is 5.14 Å². The van der Waals surface area contributed by atoms with Crippen molar-refractivity contribution in [1.29, 1.82) is 0 Å². The maximum Gasteiger partial charge on any atom is 0.333 e. The van der Waals surface area contributed by atoms with Gasteiger partial charge in [0.25, 0.3) is 0 Å². The molecule has 1 aliphatic carbocycles. The number of hydrogen-bond acceptors (Lipinski definition) is 8. The van der Waals surface area contributed by atoms with Crippen LogP contribution in [0.2, 0.25) is 0 Å². The topological polar surface area (TPSA) is 141 Å². The zero-order valence-electron chi connectivity index (χ0n) is 15.2. The molecule has 1 saturated carbocycles. The molecule has 2 heterocycles. The van der Waals surface area contributed by atoms with E-state index < -0.39 is 34.5 Å². The van der Waals surface area contributed by atoms with E-state index in [1.54, 1.807) is 10.8 Å². The molecule has 0 radical (unpaired) electrons. The van der Waals surface area contributed by atoms with Crippen LogP contribution in [0.25, 0.3) is 11.0 Å². The van der Waals surface area contributed by atoms with Crippen molar-refractivity contribution in [1.82, 2.24) is 14.5 Å². The van der Waals surface area contributed by atoms with Gasteiger partial charge in [0.1, 0.15) is 23.1 Å². The molecule has 4 rings (SSSR count). The minimum absolute atomic E-state index is 0.295. The third kappa shape index (κ3) is 4.29. The van der Waals surface area contributed by atoms with Gasteiger partial charge in [-0.2, -0.15) is 8.42 Å². The van der Waals surface area contributed by atoms with E-state index in [9.17, 15) is 18.6 Å². The lowest BCUT2D eigenvalue weighted by Gasteiger charge is -2.19. The summed E-state index contributed by atoms with van der Waals surface area (Å²) in [4.78, 5) is 9.77. The number of aliphatic hydroxyl groups is 2. The third-order valence-corrected chi connectivity index (χ3v) is 6.50. The van der Waals surface area contributed by atoms with Crippen molar-refractivity contribution < 1.29 is 22.8 Å². The Morgan fingerprint density at radius 1 is 1.17 bits per heavy atom. The number of aliphatic hydroxyl groups excluding tert-OH is 2.